The molecule has 0 spiro atoms. The number of amides is 1. The zero-order valence-corrected chi connectivity index (χ0v) is 16.1. The van der Waals surface area contributed by atoms with Gasteiger partial charge in [0, 0.05) is 0 Å². The summed E-state index contributed by atoms with van der Waals surface area (Å²) < 4.78 is 5.49. The van der Waals surface area contributed by atoms with Crippen molar-refractivity contribution in [2.45, 2.75) is 12.5 Å². The molecule has 0 bridgehead atoms. The molecule has 5 nitrogen and oxygen atoms in total. The fourth-order valence-electron chi connectivity index (χ4n) is 2.80. The van der Waals surface area contributed by atoms with E-state index in [1.807, 2.05) is 42.5 Å². The third-order valence-electron chi connectivity index (χ3n) is 4.10. The minimum atomic E-state index is -0.989. The summed E-state index contributed by atoms with van der Waals surface area (Å²) in [5, 5.41) is 9.31. The number of hydrogen-bond acceptors (Lipinski definition) is 5. The second-order valence-corrected chi connectivity index (χ2v) is 7.52. The van der Waals surface area contributed by atoms with E-state index in [2.05, 4.69) is 0 Å². The van der Waals surface area contributed by atoms with Crippen molar-refractivity contribution in [3.05, 3.63) is 70.6 Å². The Bertz CT molecular complexity index is 894. The third kappa shape index (κ3) is 4.37. The van der Waals surface area contributed by atoms with Crippen LogP contribution in [0.1, 0.15) is 23.6 Å². The van der Waals surface area contributed by atoms with Crippen molar-refractivity contribution in [1.82, 2.24) is 4.90 Å². The summed E-state index contributed by atoms with van der Waals surface area (Å²) in [5.41, 5.74) is 1.58. The van der Waals surface area contributed by atoms with Crippen LogP contribution in [0.25, 0.3) is 6.08 Å². The van der Waals surface area contributed by atoms with Gasteiger partial charge in [0.15, 0.2) is 0 Å². The van der Waals surface area contributed by atoms with Crippen LogP contribution in [0.3, 0.4) is 0 Å². The number of benzene rings is 2. The Balaban J connectivity index is 1.91. The molecule has 1 aliphatic heterocycles. The van der Waals surface area contributed by atoms with Crippen LogP contribution in [-0.2, 0) is 9.59 Å². The van der Waals surface area contributed by atoms with E-state index in [9.17, 15) is 14.7 Å². The first-order chi connectivity index (χ1) is 13.0. The first-order valence-electron chi connectivity index (χ1n) is 8.17. The maximum Gasteiger partial charge on any atom is 0.305 e. The van der Waals surface area contributed by atoms with E-state index in [4.69, 9.17) is 17.0 Å². The number of carboxylic acid groups (broad SMARTS) is 1. The number of ether oxygens (including phenoxy) is 1. The van der Waals surface area contributed by atoms with Crippen molar-refractivity contribution in [3.63, 3.8) is 0 Å². The summed E-state index contributed by atoms with van der Waals surface area (Å²) in [4.78, 5) is 26.2. The number of carbonyl (C=O) groups excluding carboxylic acids is 1. The largest absolute Gasteiger partial charge is 0.497 e. The van der Waals surface area contributed by atoms with Gasteiger partial charge in [0.05, 0.1) is 24.5 Å². The summed E-state index contributed by atoms with van der Waals surface area (Å²) >= 11 is 6.58. The Kier molecular flexibility index (Phi) is 5.93. The third-order valence-corrected chi connectivity index (χ3v) is 5.43. The lowest BCUT2D eigenvalue weighted by Gasteiger charge is -2.26. The molecule has 0 saturated carbocycles. The molecule has 1 fully saturated rings. The van der Waals surface area contributed by atoms with Gasteiger partial charge < -0.3 is 9.84 Å². The zero-order chi connectivity index (χ0) is 19.4. The van der Waals surface area contributed by atoms with Gasteiger partial charge in [-0.05, 0) is 29.3 Å². The number of carbonyl (C=O) groups is 2. The Morgan fingerprint density at radius 3 is 2.48 bits per heavy atom. The maximum atomic E-state index is 13.0. The molecule has 1 heterocycles. The summed E-state index contributed by atoms with van der Waals surface area (Å²) in [5.74, 6) is -0.543. The number of methoxy groups -OCH3 is 1. The second kappa shape index (κ2) is 8.37. The van der Waals surface area contributed by atoms with Gasteiger partial charge in [-0.1, -0.05) is 66.4 Å². The molecule has 2 aromatic carbocycles. The zero-order valence-electron chi connectivity index (χ0n) is 14.5. The lowest BCUT2D eigenvalue weighted by atomic mass is 10.0. The number of nitrogens with zero attached hydrogens (tertiary/aromatic N) is 1. The normalized spacial score (nSPS) is 16.6. The van der Waals surface area contributed by atoms with Crippen LogP contribution in [-0.4, -0.2) is 33.3 Å². The number of thioether (sulfide) groups is 1. The SMILES string of the molecule is COc1ccc(/C=C2/SC(=S)N(C(CC(=O)O)c3ccccc3)C2=O)cc1. The Morgan fingerprint density at radius 1 is 1.22 bits per heavy atom. The van der Waals surface area contributed by atoms with Crippen molar-refractivity contribution in [2.75, 3.05) is 7.11 Å². The van der Waals surface area contributed by atoms with Gasteiger partial charge >= 0.3 is 5.97 Å². The standard InChI is InChI=1S/C20H17NO4S2/c1-25-15-9-7-13(8-10-15)11-17-19(24)21(20(26)27-17)16(12-18(22)23)14-5-3-2-4-6-14/h2-11,16H,12H2,1H3,(H,22,23)/b17-11+. The van der Waals surface area contributed by atoms with E-state index in [1.165, 1.54) is 16.7 Å². The summed E-state index contributed by atoms with van der Waals surface area (Å²) in [6, 6.07) is 15.7. The molecular formula is C20H17NO4S2. The summed E-state index contributed by atoms with van der Waals surface area (Å²) in [6.07, 6.45) is 1.54. The monoisotopic (exact) mass is 399 g/mol. The highest BCUT2D eigenvalue weighted by Gasteiger charge is 2.38. The number of hydrogen-bond donors (Lipinski definition) is 1. The van der Waals surface area contributed by atoms with Gasteiger partial charge in [-0.3, -0.25) is 14.5 Å². The Hall–Kier alpha value is -2.64. The van der Waals surface area contributed by atoms with Crippen LogP contribution in [0.5, 0.6) is 5.75 Å². The fraction of sp³-hybridized carbons (Fsp3) is 0.150. The lowest BCUT2D eigenvalue weighted by molar-refractivity contribution is -0.138. The van der Waals surface area contributed by atoms with E-state index in [0.717, 1.165) is 16.9 Å². The van der Waals surface area contributed by atoms with Gasteiger partial charge in [0.2, 0.25) is 0 Å². The van der Waals surface area contributed by atoms with Crippen LogP contribution in [0.15, 0.2) is 59.5 Å². The van der Waals surface area contributed by atoms with Crippen molar-refractivity contribution < 1.29 is 19.4 Å². The van der Waals surface area contributed by atoms with Crippen LogP contribution in [0.4, 0.5) is 0 Å². The maximum absolute atomic E-state index is 13.0. The van der Waals surface area contributed by atoms with E-state index >= 15 is 0 Å². The second-order valence-electron chi connectivity index (χ2n) is 5.85. The summed E-state index contributed by atoms with van der Waals surface area (Å²) in [7, 11) is 1.59. The number of rotatable bonds is 6. The topological polar surface area (TPSA) is 66.8 Å². The molecule has 1 amide bonds. The van der Waals surface area contributed by atoms with Gasteiger partial charge in [-0.25, -0.2) is 0 Å². The van der Waals surface area contributed by atoms with Crippen LogP contribution in [0.2, 0.25) is 0 Å². The van der Waals surface area contributed by atoms with E-state index in [1.54, 1.807) is 25.3 Å². The van der Waals surface area contributed by atoms with Crippen LogP contribution < -0.4 is 4.74 Å². The van der Waals surface area contributed by atoms with Crippen LogP contribution in [0, 0.1) is 0 Å². The molecule has 3 rings (SSSR count). The first-order valence-corrected chi connectivity index (χ1v) is 9.40. The van der Waals surface area contributed by atoms with E-state index in [-0.39, 0.29) is 12.3 Å². The van der Waals surface area contributed by atoms with Crippen molar-refractivity contribution in [1.29, 1.82) is 0 Å². The Labute approximate surface area is 166 Å². The molecule has 0 aromatic heterocycles. The minimum absolute atomic E-state index is 0.216. The van der Waals surface area contributed by atoms with E-state index < -0.39 is 12.0 Å². The van der Waals surface area contributed by atoms with Gasteiger partial charge in [-0.15, -0.1) is 0 Å². The molecule has 2 aromatic rings. The van der Waals surface area contributed by atoms with Gasteiger partial charge in [-0.2, -0.15) is 0 Å². The molecule has 1 aliphatic rings. The molecular weight excluding hydrogens is 382 g/mol. The molecule has 1 unspecified atom stereocenters. The number of carboxylic acids is 1. The first kappa shape index (κ1) is 19.1. The highest BCUT2D eigenvalue weighted by Crippen LogP contribution is 2.39. The van der Waals surface area contributed by atoms with Crippen molar-refractivity contribution >= 4 is 46.3 Å². The average molecular weight is 399 g/mol. The number of aliphatic carboxylic acids is 1. The molecule has 27 heavy (non-hydrogen) atoms. The summed E-state index contributed by atoms with van der Waals surface area (Å²) in [6.45, 7) is 0. The fourth-order valence-corrected chi connectivity index (χ4v) is 4.16. The predicted molar refractivity (Wildman–Crippen MR) is 109 cm³/mol. The molecule has 1 N–H and O–H groups in total. The highest BCUT2D eigenvalue weighted by molar-refractivity contribution is 8.26. The van der Waals surface area contributed by atoms with Crippen molar-refractivity contribution in [2.24, 2.45) is 0 Å². The molecule has 1 atom stereocenters. The van der Waals surface area contributed by atoms with E-state index in [0.29, 0.717) is 9.23 Å². The lowest BCUT2D eigenvalue weighted by Crippen LogP contribution is -2.34. The molecule has 0 aliphatic carbocycles. The molecule has 138 valence electrons. The van der Waals surface area contributed by atoms with Gasteiger partial charge in [0.1, 0.15) is 10.1 Å². The van der Waals surface area contributed by atoms with Crippen LogP contribution >= 0.6 is 24.0 Å². The Morgan fingerprint density at radius 2 is 1.89 bits per heavy atom. The minimum Gasteiger partial charge on any atom is -0.497 e. The quantitative estimate of drug-likeness (QED) is 0.582. The van der Waals surface area contributed by atoms with Gasteiger partial charge in [0.25, 0.3) is 5.91 Å². The molecule has 7 heteroatoms. The smallest absolute Gasteiger partial charge is 0.305 e. The predicted octanol–water partition coefficient (Wildman–Crippen LogP) is 4.11. The van der Waals surface area contributed by atoms with Crippen molar-refractivity contribution in [3.8, 4) is 5.75 Å². The highest BCUT2D eigenvalue weighted by atomic mass is 32.2. The average Bonchev–Trinajstić information content (AvgIpc) is 2.94. The molecule has 0 radical (unpaired) electrons. The number of thiocarbonyl (C=S) groups is 1. The molecule has 1 saturated heterocycles.